The van der Waals surface area contributed by atoms with Crippen LogP contribution in [0.2, 0.25) is 0 Å². The first-order chi connectivity index (χ1) is 14.7. The predicted molar refractivity (Wildman–Crippen MR) is 125 cm³/mol. The van der Waals surface area contributed by atoms with Gasteiger partial charge in [-0.25, -0.2) is 0 Å². The number of nitrogens with zero attached hydrogens (tertiary/aromatic N) is 3. The molecule has 3 heterocycles. The third kappa shape index (κ3) is 6.06. The Morgan fingerprint density at radius 2 is 1.67 bits per heavy atom. The van der Waals surface area contributed by atoms with E-state index in [0.717, 1.165) is 25.1 Å². The van der Waals surface area contributed by atoms with Crippen molar-refractivity contribution >= 4 is 0 Å². The Morgan fingerprint density at radius 3 is 2.33 bits per heavy atom. The molecule has 0 unspecified atom stereocenters. The van der Waals surface area contributed by atoms with Gasteiger partial charge in [-0.3, -0.25) is 9.80 Å². The first-order valence-electron chi connectivity index (χ1n) is 12.6. The van der Waals surface area contributed by atoms with Gasteiger partial charge in [0.2, 0.25) is 0 Å². The SMILES string of the molecule is CCN1CCC(N(CC2CCN(Cc3ccccc3C)CC2)C[C@H]2CCCO2)CC1. The first kappa shape index (κ1) is 22.3. The van der Waals surface area contributed by atoms with Gasteiger partial charge in [0.1, 0.15) is 0 Å². The van der Waals surface area contributed by atoms with Crippen LogP contribution >= 0.6 is 0 Å². The van der Waals surface area contributed by atoms with Crippen LogP contribution < -0.4 is 0 Å². The van der Waals surface area contributed by atoms with E-state index in [1.165, 1.54) is 95.5 Å². The minimum atomic E-state index is 0.482. The molecular formula is C26H43N3O. The summed E-state index contributed by atoms with van der Waals surface area (Å²) in [4.78, 5) is 8.14. The molecule has 0 saturated carbocycles. The molecule has 1 aromatic rings. The summed E-state index contributed by atoms with van der Waals surface area (Å²) in [5.41, 5.74) is 2.93. The summed E-state index contributed by atoms with van der Waals surface area (Å²) in [5.74, 6) is 0.851. The number of hydrogen-bond acceptors (Lipinski definition) is 4. The molecular weight excluding hydrogens is 370 g/mol. The van der Waals surface area contributed by atoms with Gasteiger partial charge in [0.15, 0.2) is 0 Å². The van der Waals surface area contributed by atoms with Crippen molar-refractivity contribution in [3.63, 3.8) is 0 Å². The molecule has 4 heteroatoms. The van der Waals surface area contributed by atoms with Crippen molar-refractivity contribution in [3.8, 4) is 0 Å². The number of benzene rings is 1. The van der Waals surface area contributed by atoms with E-state index in [1.807, 2.05) is 0 Å². The molecule has 3 aliphatic rings. The number of rotatable bonds is 8. The highest BCUT2D eigenvalue weighted by molar-refractivity contribution is 5.25. The van der Waals surface area contributed by atoms with Gasteiger partial charge in [-0.2, -0.15) is 0 Å². The predicted octanol–water partition coefficient (Wildman–Crippen LogP) is 4.17. The monoisotopic (exact) mass is 413 g/mol. The van der Waals surface area contributed by atoms with Crippen LogP contribution in [0.4, 0.5) is 0 Å². The van der Waals surface area contributed by atoms with E-state index < -0.39 is 0 Å². The van der Waals surface area contributed by atoms with Crippen molar-refractivity contribution in [2.45, 2.75) is 71.1 Å². The summed E-state index contributed by atoms with van der Waals surface area (Å²) in [7, 11) is 0. The summed E-state index contributed by atoms with van der Waals surface area (Å²) >= 11 is 0. The normalized spacial score (nSPS) is 25.4. The molecule has 4 nitrogen and oxygen atoms in total. The average molecular weight is 414 g/mol. The quantitative estimate of drug-likeness (QED) is 0.637. The molecule has 0 bridgehead atoms. The zero-order valence-corrected chi connectivity index (χ0v) is 19.4. The number of ether oxygens (including phenoxy) is 1. The molecule has 0 amide bonds. The maximum Gasteiger partial charge on any atom is 0.0702 e. The van der Waals surface area contributed by atoms with Gasteiger partial charge in [0.25, 0.3) is 0 Å². The van der Waals surface area contributed by atoms with Crippen molar-refractivity contribution in [1.82, 2.24) is 14.7 Å². The Labute approximate surface area is 184 Å². The summed E-state index contributed by atoms with van der Waals surface area (Å²) < 4.78 is 6.04. The highest BCUT2D eigenvalue weighted by Gasteiger charge is 2.30. The van der Waals surface area contributed by atoms with Gasteiger partial charge in [0, 0.05) is 32.3 Å². The van der Waals surface area contributed by atoms with Crippen LogP contribution in [-0.2, 0) is 11.3 Å². The van der Waals surface area contributed by atoms with Gasteiger partial charge < -0.3 is 9.64 Å². The highest BCUT2D eigenvalue weighted by atomic mass is 16.5. The number of piperidine rings is 2. The molecule has 1 aromatic carbocycles. The topological polar surface area (TPSA) is 19.0 Å². The highest BCUT2D eigenvalue weighted by Crippen LogP contribution is 2.26. The van der Waals surface area contributed by atoms with E-state index in [2.05, 4.69) is 52.8 Å². The van der Waals surface area contributed by atoms with E-state index in [1.54, 1.807) is 0 Å². The zero-order valence-electron chi connectivity index (χ0n) is 19.4. The van der Waals surface area contributed by atoms with E-state index in [4.69, 9.17) is 4.74 Å². The fraction of sp³-hybridized carbons (Fsp3) is 0.769. The summed E-state index contributed by atoms with van der Waals surface area (Å²) in [6, 6.07) is 9.64. The summed E-state index contributed by atoms with van der Waals surface area (Å²) in [5, 5.41) is 0. The Balaban J connectivity index is 1.29. The van der Waals surface area contributed by atoms with E-state index >= 15 is 0 Å². The number of hydrogen-bond donors (Lipinski definition) is 0. The maximum atomic E-state index is 6.04. The molecule has 4 rings (SSSR count). The molecule has 0 aliphatic carbocycles. The van der Waals surface area contributed by atoms with Crippen molar-refractivity contribution in [2.24, 2.45) is 5.92 Å². The maximum absolute atomic E-state index is 6.04. The van der Waals surface area contributed by atoms with Crippen LogP contribution in [0, 0.1) is 12.8 Å². The lowest BCUT2D eigenvalue weighted by atomic mass is 9.93. The van der Waals surface area contributed by atoms with E-state index in [0.29, 0.717) is 6.10 Å². The summed E-state index contributed by atoms with van der Waals surface area (Å²) in [6.45, 7) is 15.4. The van der Waals surface area contributed by atoms with Gasteiger partial charge >= 0.3 is 0 Å². The van der Waals surface area contributed by atoms with Crippen LogP contribution in [0.15, 0.2) is 24.3 Å². The number of aryl methyl sites for hydroxylation is 1. The lowest BCUT2D eigenvalue weighted by Gasteiger charge is -2.42. The second-order valence-corrected chi connectivity index (χ2v) is 9.90. The van der Waals surface area contributed by atoms with Crippen molar-refractivity contribution in [2.75, 3.05) is 52.4 Å². The average Bonchev–Trinajstić information content (AvgIpc) is 3.29. The van der Waals surface area contributed by atoms with Crippen LogP contribution in [0.3, 0.4) is 0 Å². The molecule has 3 aliphatic heterocycles. The van der Waals surface area contributed by atoms with E-state index in [-0.39, 0.29) is 0 Å². The molecule has 30 heavy (non-hydrogen) atoms. The van der Waals surface area contributed by atoms with Crippen LogP contribution in [0.1, 0.15) is 56.6 Å². The number of likely N-dealkylation sites (tertiary alicyclic amines) is 2. The lowest BCUT2D eigenvalue weighted by Crippen LogP contribution is -2.49. The molecule has 0 aromatic heterocycles. The summed E-state index contributed by atoms with van der Waals surface area (Å²) in [6.07, 6.45) is 8.38. The molecule has 3 fully saturated rings. The zero-order chi connectivity index (χ0) is 20.8. The fourth-order valence-electron chi connectivity index (χ4n) is 5.71. The van der Waals surface area contributed by atoms with Crippen molar-refractivity contribution in [3.05, 3.63) is 35.4 Å². The lowest BCUT2D eigenvalue weighted by molar-refractivity contribution is 0.0242. The Hall–Kier alpha value is -0.940. The fourth-order valence-corrected chi connectivity index (χ4v) is 5.71. The third-order valence-electron chi connectivity index (χ3n) is 7.84. The molecule has 1 atom stereocenters. The third-order valence-corrected chi connectivity index (χ3v) is 7.84. The van der Waals surface area contributed by atoms with Gasteiger partial charge in [-0.1, -0.05) is 31.2 Å². The minimum Gasteiger partial charge on any atom is -0.377 e. The Bertz CT molecular complexity index is 629. The van der Waals surface area contributed by atoms with E-state index in [9.17, 15) is 0 Å². The smallest absolute Gasteiger partial charge is 0.0702 e. The van der Waals surface area contributed by atoms with Gasteiger partial charge in [0.05, 0.1) is 6.10 Å². The van der Waals surface area contributed by atoms with Crippen molar-refractivity contribution < 1.29 is 4.74 Å². The minimum absolute atomic E-state index is 0.482. The first-order valence-corrected chi connectivity index (χ1v) is 12.6. The van der Waals surface area contributed by atoms with Gasteiger partial charge in [-0.05, 0) is 95.2 Å². The molecule has 0 spiro atoms. The van der Waals surface area contributed by atoms with Crippen molar-refractivity contribution in [1.29, 1.82) is 0 Å². The van der Waals surface area contributed by atoms with Gasteiger partial charge in [-0.15, -0.1) is 0 Å². The Kier molecular flexibility index (Phi) is 8.22. The second-order valence-electron chi connectivity index (χ2n) is 9.90. The standard InChI is InChI=1S/C26H43N3O/c1-3-27-16-12-25(13-17-27)29(21-26-9-6-18-30-26)19-23-10-14-28(15-11-23)20-24-8-5-4-7-22(24)2/h4-5,7-8,23,25-26H,3,6,9-21H2,1-2H3/t26-/m1/s1. The molecule has 168 valence electrons. The molecule has 3 saturated heterocycles. The van der Waals surface area contributed by atoms with Crippen LogP contribution in [0.5, 0.6) is 0 Å². The molecule has 0 radical (unpaired) electrons. The molecule has 0 N–H and O–H groups in total. The largest absolute Gasteiger partial charge is 0.377 e. The van der Waals surface area contributed by atoms with Crippen LogP contribution in [-0.4, -0.2) is 79.3 Å². The van der Waals surface area contributed by atoms with Crippen LogP contribution in [0.25, 0.3) is 0 Å². The second kappa shape index (κ2) is 11.1. The Morgan fingerprint density at radius 1 is 0.933 bits per heavy atom.